The van der Waals surface area contributed by atoms with Crippen molar-refractivity contribution in [3.8, 4) is 5.75 Å². The van der Waals surface area contributed by atoms with Gasteiger partial charge in [-0.15, -0.1) is 5.46 Å². The van der Waals surface area contributed by atoms with Crippen molar-refractivity contribution in [3.63, 3.8) is 0 Å². The summed E-state index contributed by atoms with van der Waals surface area (Å²) in [5.74, 6) is 0.664. The summed E-state index contributed by atoms with van der Waals surface area (Å²) in [6.07, 6.45) is 1.81. The first kappa shape index (κ1) is 13.3. The van der Waals surface area contributed by atoms with Gasteiger partial charge >= 0.3 is 6.98 Å². The Balaban J connectivity index is 1.92. The van der Waals surface area contributed by atoms with Gasteiger partial charge in [-0.3, -0.25) is 0 Å². The molecule has 0 amide bonds. The van der Waals surface area contributed by atoms with Gasteiger partial charge in [-0.05, 0) is 30.9 Å². The molecule has 1 aliphatic heterocycles. The molecule has 1 aliphatic rings. The highest BCUT2D eigenvalue weighted by atomic mass is 19.4. The minimum absolute atomic E-state index is 0.290. The molecule has 0 aromatic heterocycles. The van der Waals surface area contributed by atoms with E-state index in [2.05, 4.69) is 0 Å². The molecule has 0 atom stereocenters. The number of halogens is 3. The van der Waals surface area contributed by atoms with Crippen LogP contribution in [0.15, 0.2) is 24.3 Å². The summed E-state index contributed by atoms with van der Waals surface area (Å²) in [6.45, 7) is -3.08. The van der Waals surface area contributed by atoms with Gasteiger partial charge in [-0.2, -0.15) is 0 Å². The molecule has 18 heavy (non-hydrogen) atoms. The fourth-order valence-corrected chi connectivity index (χ4v) is 1.94. The average Bonchev–Trinajstić information content (AvgIpc) is 2.37. The van der Waals surface area contributed by atoms with E-state index in [1.807, 2.05) is 0 Å². The number of hydrogen-bond acceptors (Lipinski definition) is 2. The second kappa shape index (κ2) is 5.65. The van der Waals surface area contributed by atoms with Crippen molar-refractivity contribution in [1.82, 2.24) is 0 Å². The van der Waals surface area contributed by atoms with Gasteiger partial charge < -0.3 is 22.4 Å². The Hall–Kier alpha value is -1.17. The van der Waals surface area contributed by atoms with Crippen LogP contribution in [0.4, 0.5) is 12.9 Å². The standard InChI is InChI=1S/C12H15BF3O2/c14-13(15,16)11-2-1-3-12(8-11)18-9-10-4-6-17-7-5-10/h1-3,8,10H,4-7,9H2/q-1. The molecule has 6 heteroatoms. The molecule has 0 spiro atoms. The van der Waals surface area contributed by atoms with Gasteiger partial charge in [0, 0.05) is 13.2 Å². The summed E-state index contributed by atoms with van der Waals surface area (Å²) in [5, 5.41) is 0. The molecule has 0 saturated carbocycles. The van der Waals surface area contributed by atoms with Crippen molar-refractivity contribution in [1.29, 1.82) is 0 Å². The fraction of sp³-hybridized carbons (Fsp3) is 0.500. The smallest absolute Gasteiger partial charge is 0.493 e. The average molecular weight is 259 g/mol. The van der Waals surface area contributed by atoms with Crippen LogP contribution in [0, 0.1) is 5.92 Å². The van der Waals surface area contributed by atoms with E-state index in [4.69, 9.17) is 9.47 Å². The molecule has 0 bridgehead atoms. The Kier molecular flexibility index (Phi) is 4.17. The summed E-state index contributed by atoms with van der Waals surface area (Å²) in [5.41, 5.74) is -0.612. The van der Waals surface area contributed by atoms with Crippen LogP contribution in [-0.2, 0) is 4.74 Å². The molecule has 1 aromatic rings. The first-order valence-corrected chi connectivity index (χ1v) is 6.06. The second-order valence-electron chi connectivity index (χ2n) is 4.51. The molecule has 100 valence electrons. The Bertz CT molecular complexity index is 389. The van der Waals surface area contributed by atoms with E-state index in [1.54, 1.807) is 6.07 Å². The lowest BCUT2D eigenvalue weighted by atomic mass is 9.80. The zero-order valence-corrected chi connectivity index (χ0v) is 9.95. The third kappa shape index (κ3) is 3.66. The lowest BCUT2D eigenvalue weighted by Gasteiger charge is -2.22. The second-order valence-corrected chi connectivity index (χ2v) is 4.51. The first-order chi connectivity index (χ1) is 8.55. The van der Waals surface area contributed by atoms with Gasteiger partial charge in [-0.1, -0.05) is 12.1 Å². The van der Waals surface area contributed by atoms with Crippen LogP contribution in [0.1, 0.15) is 12.8 Å². The third-order valence-corrected chi connectivity index (χ3v) is 3.06. The molecule has 1 heterocycles. The molecule has 1 saturated heterocycles. The van der Waals surface area contributed by atoms with E-state index in [1.165, 1.54) is 6.07 Å². The largest absolute Gasteiger partial charge is 0.509 e. The minimum atomic E-state index is -4.96. The van der Waals surface area contributed by atoms with Crippen molar-refractivity contribution in [2.75, 3.05) is 19.8 Å². The highest BCUT2D eigenvalue weighted by molar-refractivity contribution is 6.73. The zero-order valence-electron chi connectivity index (χ0n) is 9.95. The normalized spacial score (nSPS) is 17.7. The third-order valence-electron chi connectivity index (χ3n) is 3.06. The maximum atomic E-state index is 12.6. The molecule has 2 nitrogen and oxygen atoms in total. The van der Waals surface area contributed by atoms with Crippen LogP contribution in [0.25, 0.3) is 0 Å². The van der Waals surface area contributed by atoms with Crippen LogP contribution in [0.5, 0.6) is 5.75 Å². The zero-order chi connectivity index (χ0) is 13.0. The van der Waals surface area contributed by atoms with E-state index in [-0.39, 0.29) is 5.75 Å². The highest BCUT2D eigenvalue weighted by Crippen LogP contribution is 2.18. The van der Waals surface area contributed by atoms with Crippen LogP contribution >= 0.6 is 0 Å². The number of ether oxygens (including phenoxy) is 2. The SMILES string of the molecule is F[B-](F)(F)c1cccc(OCC2CCOCC2)c1. The van der Waals surface area contributed by atoms with Crippen molar-refractivity contribution >= 4 is 12.4 Å². The van der Waals surface area contributed by atoms with Crippen LogP contribution in [0.2, 0.25) is 0 Å². The van der Waals surface area contributed by atoms with Gasteiger partial charge in [0.2, 0.25) is 0 Å². The predicted molar refractivity (Wildman–Crippen MR) is 64.2 cm³/mol. The van der Waals surface area contributed by atoms with Gasteiger partial charge in [-0.25, -0.2) is 0 Å². The van der Waals surface area contributed by atoms with Gasteiger partial charge in [0.05, 0.1) is 6.61 Å². The number of rotatable bonds is 4. The predicted octanol–water partition coefficient (Wildman–Crippen LogP) is 2.55. The monoisotopic (exact) mass is 259 g/mol. The molecular weight excluding hydrogens is 244 g/mol. The van der Waals surface area contributed by atoms with Crippen LogP contribution in [-0.4, -0.2) is 26.8 Å². The summed E-state index contributed by atoms with van der Waals surface area (Å²) < 4.78 is 48.3. The number of hydrogen-bond donors (Lipinski definition) is 0. The highest BCUT2D eigenvalue weighted by Gasteiger charge is 2.25. The molecular formula is C12H15BF3O2-. The maximum absolute atomic E-state index is 12.6. The Morgan fingerprint density at radius 1 is 1.22 bits per heavy atom. The molecule has 1 fully saturated rings. The minimum Gasteiger partial charge on any atom is -0.493 e. The van der Waals surface area contributed by atoms with Crippen LogP contribution in [0.3, 0.4) is 0 Å². The first-order valence-electron chi connectivity index (χ1n) is 6.06. The fourth-order valence-electron chi connectivity index (χ4n) is 1.94. The molecule has 0 aliphatic carbocycles. The van der Waals surface area contributed by atoms with Crippen molar-refractivity contribution in [2.45, 2.75) is 12.8 Å². The molecule has 0 unspecified atom stereocenters. The topological polar surface area (TPSA) is 18.5 Å². The lowest BCUT2D eigenvalue weighted by Crippen LogP contribution is -2.33. The van der Waals surface area contributed by atoms with E-state index < -0.39 is 12.4 Å². The summed E-state index contributed by atoms with van der Waals surface area (Å²) in [6, 6.07) is 5.08. The Morgan fingerprint density at radius 3 is 2.61 bits per heavy atom. The van der Waals surface area contributed by atoms with Crippen molar-refractivity contribution in [2.24, 2.45) is 5.92 Å². The van der Waals surface area contributed by atoms with E-state index in [0.717, 1.165) is 25.0 Å². The molecule has 0 radical (unpaired) electrons. The van der Waals surface area contributed by atoms with Gasteiger partial charge in [0.25, 0.3) is 0 Å². The quantitative estimate of drug-likeness (QED) is 0.773. The van der Waals surface area contributed by atoms with Gasteiger partial charge in [0.15, 0.2) is 0 Å². The maximum Gasteiger partial charge on any atom is 0.509 e. The summed E-state index contributed by atoms with van der Waals surface area (Å²) >= 11 is 0. The Morgan fingerprint density at radius 2 is 1.94 bits per heavy atom. The molecule has 1 aromatic carbocycles. The molecule has 0 N–H and O–H groups in total. The van der Waals surface area contributed by atoms with Gasteiger partial charge in [0.1, 0.15) is 5.75 Å². The Labute approximate surface area is 104 Å². The summed E-state index contributed by atoms with van der Waals surface area (Å²) in [7, 11) is 0. The van der Waals surface area contributed by atoms with E-state index in [9.17, 15) is 12.9 Å². The lowest BCUT2D eigenvalue weighted by molar-refractivity contribution is 0.0497. The van der Waals surface area contributed by atoms with Crippen molar-refractivity contribution in [3.05, 3.63) is 24.3 Å². The van der Waals surface area contributed by atoms with Crippen molar-refractivity contribution < 1.29 is 22.4 Å². The van der Waals surface area contributed by atoms with E-state index >= 15 is 0 Å². The summed E-state index contributed by atoms with van der Waals surface area (Å²) in [4.78, 5) is 0. The number of benzene rings is 1. The van der Waals surface area contributed by atoms with E-state index in [0.29, 0.717) is 25.7 Å². The molecule has 2 rings (SSSR count). The van der Waals surface area contributed by atoms with Crippen LogP contribution < -0.4 is 10.2 Å².